The molecule has 1 fully saturated rings. The lowest BCUT2D eigenvalue weighted by Gasteiger charge is -2.42. The number of allylic oxidation sites excluding steroid dienone is 4. The fraction of sp³-hybridized carbons (Fsp3) is 0.316. The van der Waals surface area contributed by atoms with Crippen molar-refractivity contribution in [3.63, 3.8) is 0 Å². The third-order valence-electron chi connectivity index (χ3n) is 8.26. The lowest BCUT2D eigenvalue weighted by Crippen LogP contribution is -2.62. The van der Waals surface area contributed by atoms with E-state index in [-0.39, 0.29) is 12.2 Å². The predicted molar refractivity (Wildman–Crippen MR) is 179 cm³/mol. The van der Waals surface area contributed by atoms with Crippen molar-refractivity contribution in [1.29, 1.82) is 0 Å². The summed E-state index contributed by atoms with van der Waals surface area (Å²) >= 11 is 0. The SMILES string of the molecule is O=C1C=CC(O)(CC(=O)OC[C@H]2O[C@@H](OC(=O)CC3(O)C=CC(=O)C=C3)[C@H](OC(=O)Cc3ccccc3)[C@@H](OC(=O)Cc3cccc(O)c3)[C@@H]2O)C=C1. The molecule has 2 aromatic rings. The number of ketones is 2. The Morgan fingerprint density at radius 3 is 1.77 bits per heavy atom. The topological polar surface area (TPSA) is 229 Å². The molecule has 15 nitrogen and oxygen atoms in total. The van der Waals surface area contributed by atoms with Gasteiger partial charge in [0.05, 0.1) is 25.7 Å². The standard InChI is InChI=1S/C38H36O15/c39-25-9-13-37(47,14-10-25)20-31(44)49-22-28-33(46)34(51-30(43)19-24-7-4-8-27(41)17-24)35(52-29(42)18-23-5-2-1-3-6-23)36(50-28)53-32(45)21-38(48)15-11-26(40)12-16-38/h1-17,28,33-36,41,46-48H,18-22H2/t28-,33-,34+,35-,36+/m1/s1. The van der Waals surface area contributed by atoms with Crippen molar-refractivity contribution in [2.45, 2.75) is 67.6 Å². The average Bonchev–Trinajstić information content (AvgIpc) is 3.10. The highest BCUT2D eigenvalue weighted by atomic mass is 16.7. The van der Waals surface area contributed by atoms with E-state index in [9.17, 15) is 49.2 Å². The molecule has 15 heteroatoms. The molecule has 1 aliphatic heterocycles. The zero-order valence-corrected chi connectivity index (χ0v) is 28.0. The van der Waals surface area contributed by atoms with Gasteiger partial charge >= 0.3 is 23.9 Å². The molecule has 5 atom stereocenters. The van der Waals surface area contributed by atoms with Gasteiger partial charge in [-0.3, -0.25) is 28.8 Å². The smallest absolute Gasteiger partial charge is 0.311 e. The van der Waals surface area contributed by atoms with Gasteiger partial charge in [0.15, 0.2) is 17.7 Å². The minimum atomic E-state index is -1.94. The molecule has 0 saturated carbocycles. The summed E-state index contributed by atoms with van der Waals surface area (Å²) in [5.41, 5.74) is -2.92. The van der Waals surface area contributed by atoms with Gasteiger partial charge in [0.2, 0.25) is 12.4 Å². The van der Waals surface area contributed by atoms with Gasteiger partial charge in [-0.05, 0) is 71.9 Å². The van der Waals surface area contributed by atoms with E-state index in [0.29, 0.717) is 11.1 Å². The van der Waals surface area contributed by atoms with Crippen molar-refractivity contribution in [1.82, 2.24) is 0 Å². The molecule has 278 valence electrons. The van der Waals surface area contributed by atoms with Gasteiger partial charge in [-0.25, -0.2) is 0 Å². The first-order valence-electron chi connectivity index (χ1n) is 16.4. The summed E-state index contributed by atoms with van der Waals surface area (Å²) in [5.74, 6) is -4.95. The van der Waals surface area contributed by atoms with Gasteiger partial charge in [0, 0.05) is 0 Å². The van der Waals surface area contributed by atoms with Crippen molar-refractivity contribution in [3.8, 4) is 5.75 Å². The molecule has 0 amide bonds. The second kappa shape index (κ2) is 16.7. The molecule has 0 aromatic heterocycles. The van der Waals surface area contributed by atoms with Crippen LogP contribution in [0.25, 0.3) is 0 Å². The van der Waals surface area contributed by atoms with Crippen LogP contribution in [0.15, 0.2) is 103 Å². The first-order valence-corrected chi connectivity index (χ1v) is 16.4. The highest BCUT2D eigenvalue weighted by molar-refractivity contribution is 6.01. The molecule has 53 heavy (non-hydrogen) atoms. The minimum absolute atomic E-state index is 0.132. The van der Waals surface area contributed by atoms with Crippen LogP contribution in [0.5, 0.6) is 5.75 Å². The van der Waals surface area contributed by atoms with Gasteiger partial charge in [0.25, 0.3) is 0 Å². The Bertz CT molecular complexity index is 1810. The van der Waals surface area contributed by atoms with E-state index >= 15 is 0 Å². The number of carbonyl (C=O) groups is 6. The molecular formula is C38H36O15. The maximum atomic E-state index is 13.2. The number of ether oxygens (including phenoxy) is 5. The van der Waals surface area contributed by atoms with Gasteiger partial charge in [0.1, 0.15) is 35.8 Å². The van der Waals surface area contributed by atoms with Crippen molar-refractivity contribution in [3.05, 3.63) is 114 Å². The number of hydrogen-bond acceptors (Lipinski definition) is 15. The van der Waals surface area contributed by atoms with Gasteiger partial charge in [-0.2, -0.15) is 0 Å². The molecule has 3 aliphatic rings. The maximum absolute atomic E-state index is 13.2. The number of phenols is 1. The fourth-order valence-corrected chi connectivity index (χ4v) is 5.59. The monoisotopic (exact) mass is 732 g/mol. The molecule has 0 bridgehead atoms. The molecule has 1 saturated heterocycles. The van der Waals surface area contributed by atoms with Crippen LogP contribution in [0.3, 0.4) is 0 Å². The van der Waals surface area contributed by atoms with E-state index < -0.39 is 103 Å². The molecule has 4 N–H and O–H groups in total. The van der Waals surface area contributed by atoms with E-state index in [1.54, 1.807) is 30.3 Å². The molecule has 1 heterocycles. The quantitative estimate of drug-likeness (QED) is 0.165. The number of benzene rings is 2. The molecule has 2 aromatic carbocycles. The summed E-state index contributed by atoms with van der Waals surface area (Å²) in [6, 6.07) is 14.1. The van der Waals surface area contributed by atoms with E-state index in [2.05, 4.69) is 0 Å². The zero-order valence-electron chi connectivity index (χ0n) is 28.0. The van der Waals surface area contributed by atoms with Crippen molar-refractivity contribution in [2.75, 3.05) is 6.61 Å². The van der Waals surface area contributed by atoms with Crippen LogP contribution in [0, 0.1) is 0 Å². The largest absolute Gasteiger partial charge is 0.508 e. The first-order chi connectivity index (χ1) is 25.2. The third kappa shape index (κ3) is 10.9. The van der Waals surface area contributed by atoms with Crippen LogP contribution < -0.4 is 0 Å². The van der Waals surface area contributed by atoms with Crippen LogP contribution >= 0.6 is 0 Å². The van der Waals surface area contributed by atoms with Crippen LogP contribution in [-0.4, -0.2) is 104 Å². The summed E-state index contributed by atoms with van der Waals surface area (Å²) in [4.78, 5) is 75.5. The van der Waals surface area contributed by atoms with Crippen molar-refractivity contribution < 1.29 is 72.9 Å². The lowest BCUT2D eigenvalue weighted by molar-refractivity contribution is -0.299. The van der Waals surface area contributed by atoms with Gasteiger partial charge < -0.3 is 44.1 Å². The molecule has 0 radical (unpaired) electrons. The highest BCUT2D eigenvalue weighted by Gasteiger charge is 2.52. The lowest BCUT2D eigenvalue weighted by atomic mass is 9.94. The van der Waals surface area contributed by atoms with E-state index in [1.165, 1.54) is 24.3 Å². The van der Waals surface area contributed by atoms with E-state index in [4.69, 9.17) is 23.7 Å². The van der Waals surface area contributed by atoms with E-state index in [0.717, 1.165) is 48.6 Å². The van der Waals surface area contributed by atoms with Crippen molar-refractivity contribution in [2.24, 2.45) is 0 Å². The van der Waals surface area contributed by atoms with Crippen LogP contribution in [0.2, 0.25) is 0 Å². The number of carbonyl (C=O) groups excluding carboxylic acids is 6. The first kappa shape index (κ1) is 38.5. The van der Waals surface area contributed by atoms with Gasteiger partial charge in [-0.1, -0.05) is 42.5 Å². The Kier molecular flexibility index (Phi) is 12.2. The molecule has 0 unspecified atom stereocenters. The van der Waals surface area contributed by atoms with Gasteiger partial charge in [-0.15, -0.1) is 0 Å². The Labute approximate surface area is 302 Å². The number of rotatable bonds is 13. The zero-order chi connectivity index (χ0) is 38.2. The Balaban J connectivity index is 1.40. The fourth-order valence-electron chi connectivity index (χ4n) is 5.59. The number of hydrogen-bond donors (Lipinski definition) is 4. The normalized spacial score (nSPS) is 23.9. The molecular weight excluding hydrogens is 696 g/mol. The maximum Gasteiger partial charge on any atom is 0.311 e. The van der Waals surface area contributed by atoms with E-state index in [1.807, 2.05) is 0 Å². The number of aliphatic hydroxyl groups excluding tert-OH is 1. The number of esters is 4. The Morgan fingerprint density at radius 1 is 0.660 bits per heavy atom. The predicted octanol–water partition coefficient (Wildman–Crippen LogP) is 0.806. The Hall–Kier alpha value is -5.74. The van der Waals surface area contributed by atoms with Crippen LogP contribution in [0.4, 0.5) is 0 Å². The molecule has 0 spiro atoms. The summed E-state index contributed by atoms with van der Waals surface area (Å²) in [6.07, 6.45) is -2.49. The minimum Gasteiger partial charge on any atom is -0.508 e. The van der Waals surface area contributed by atoms with Crippen LogP contribution in [0.1, 0.15) is 24.0 Å². The Morgan fingerprint density at radius 2 is 1.19 bits per heavy atom. The highest BCUT2D eigenvalue weighted by Crippen LogP contribution is 2.30. The summed E-state index contributed by atoms with van der Waals surface area (Å²) in [5, 5.41) is 42.8. The number of phenolic OH excluding ortho intramolecular Hbond substituents is 1. The summed E-state index contributed by atoms with van der Waals surface area (Å²) in [7, 11) is 0. The second-order valence-electron chi connectivity index (χ2n) is 12.6. The molecule has 5 rings (SSSR count). The summed E-state index contributed by atoms with van der Waals surface area (Å²) in [6.45, 7) is -0.751. The van der Waals surface area contributed by atoms with Crippen molar-refractivity contribution >= 4 is 35.4 Å². The van der Waals surface area contributed by atoms with Crippen LogP contribution in [-0.2, 0) is 65.3 Å². The average molecular weight is 733 g/mol. The number of aliphatic hydroxyl groups is 3. The second-order valence-corrected chi connectivity index (χ2v) is 12.6. The third-order valence-corrected chi connectivity index (χ3v) is 8.26. The summed E-state index contributed by atoms with van der Waals surface area (Å²) < 4.78 is 27.9. The number of aromatic hydroxyl groups is 1. The molecule has 2 aliphatic carbocycles.